The third-order valence-electron chi connectivity index (χ3n) is 4.21. The van der Waals surface area contributed by atoms with Crippen molar-refractivity contribution in [3.8, 4) is 33.6 Å². The van der Waals surface area contributed by atoms with Crippen molar-refractivity contribution in [3.05, 3.63) is 100 Å². The fourth-order valence-electron chi connectivity index (χ4n) is 2.86. The normalized spacial score (nSPS) is 10.7. The van der Waals surface area contributed by atoms with Gasteiger partial charge in [-0.3, -0.25) is 0 Å². The second-order valence-electron chi connectivity index (χ2n) is 6.01. The molecule has 1 aromatic heterocycles. The minimum Gasteiger partial charge on any atom is -0.248 e. The van der Waals surface area contributed by atoms with Gasteiger partial charge in [0.1, 0.15) is 0 Å². The average molecular weight is 421 g/mol. The number of benzene rings is 3. The molecule has 0 bridgehead atoms. The standard InChI is InChI=1S/C23H15BrClN/c24-20-10-6-18(7-11-20)23-15-19(16-8-12-21(25)13-9-16)14-22(26-23)17-4-2-1-3-5-17/h1-15H. The number of pyridine rings is 1. The summed E-state index contributed by atoms with van der Waals surface area (Å²) in [6.45, 7) is 0. The van der Waals surface area contributed by atoms with Gasteiger partial charge >= 0.3 is 0 Å². The van der Waals surface area contributed by atoms with Crippen LogP contribution in [0.1, 0.15) is 0 Å². The Morgan fingerprint density at radius 3 is 1.73 bits per heavy atom. The van der Waals surface area contributed by atoms with Gasteiger partial charge in [0.05, 0.1) is 11.4 Å². The molecule has 0 N–H and O–H groups in total. The highest BCUT2D eigenvalue weighted by Gasteiger charge is 2.09. The van der Waals surface area contributed by atoms with Crippen LogP contribution < -0.4 is 0 Å². The Balaban J connectivity index is 1.89. The van der Waals surface area contributed by atoms with E-state index in [0.29, 0.717) is 0 Å². The average Bonchev–Trinajstić information content (AvgIpc) is 2.69. The zero-order valence-electron chi connectivity index (χ0n) is 13.9. The molecule has 126 valence electrons. The van der Waals surface area contributed by atoms with Crippen LogP contribution >= 0.6 is 27.5 Å². The Labute approximate surface area is 166 Å². The number of halogens is 2. The topological polar surface area (TPSA) is 12.9 Å². The van der Waals surface area contributed by atoms with Gasteiger partial charge in [-0.1, -0.05) is 82.1 Å². The molecule has 0 aliphatic carbocycles. The van der Waals surface area contributed by atoms with Crippen LogP contribution in [0.25, 0.3) is 33.6 Å². The van der Waals surface area contributed by atoms with Crippen molar-refractivity contribution in [3.63, 3.8) is 0 Å². The molecule has 0 saturated carbocycles. The second kappa shape index (κ2) is 7.45. The number of aromatic nitrogens is 1. The van der Waals surface area contributed by atoms with E-state index in [1.807, 2.05) is 54.6 Å². The summed E-state index contributed by atoms with van der Waals surface area (Å²) < 4.78 is 1.05. The molecule has 1 nitrogen and oxygen atoms in total. The van der Waals surface area contributed by atoms with Crippen LogP contribution in [0.15, 0.2) is 95.5 Å². The van der Waals surface area contributed by atoms with Gasteiger partial charge < -0.3 is 0 Å². The summed E-state index contributed by atoms with van der Waals surface area (Å²) in [4.78, 5) is 4.91. The fraction of sp³-hybridized carbons (Fsp3) is 0. The Bertz CT molecular complexity index is 962. The smallest absolute Gasteiger partial charge is 0.0715 e. The van der Waals surface area contributed by atoms with Gasteiger partial charge in [-0.05, 0) is 47.5 Å². The summed E-state index contributed by atoms with van der Waals surface area (Å²) in [5.41, 5.74) is 6.32. The number of hydrogen-bond acceptors (Lipinski definition) is 1. The first-order valence-electron chi connectivity index (χ1n) is 8.28. The van der Waals surface area contributed by atoms with E-state index in [0.717, 1.165) is 43.1 Å². The molecule has 0 atom stereocenters. The maximum absolute atomic E-state index is 6.05. The number of nitrogens with zero attached hydrogens (tertiary/aromatic N) is 1. The zero-order valence-corrected chi connectivity index (χ0v) is 16.2. The van der Waals surface area contributed by atoms with Crippen LogP contribution in [-0.4, -0.2) is 4.98 Å². The van der Waals surface area contributed by atoms with Crippen molar-refractivity contribution < 1.29 is 0 Å². The number of hydrogen-bond donors (Lipinski definition) is 0. The van der Waals surface area contributed by atoms with E-state index in [9.17, 15) is 0 Å². The van der Waals surface area contributed by atoms with Gasteiger partial charge in [0.15, 0.2) is 0 Å². The molecular weight excluding hydrogens is 406 g/mol. The van der Waals surface area contributed by atoms with Crippen LogP contribution in [0.3, 0.4) is 0 Å². The van der Waals surface area contributed by atoms with Crippen LogP contribution in [-0.2, 0) is 0 Å². The van der Waals surface area contributed by atoms with Crippen molar-refractivity contribution in [1.29, 1.82) is 0 Å². The molecule has 26 heavy (non-hydrogen) atoms. The first kappa shape index (κ1) is 17.0. The van der Waals surface area contributed by atoms with Crippen LogP contribution in [0.2, 0.25) is 5.02 Å². The lowest BCUT2D eigenvalue weighted by atomic mass is 10.00. The second-order valence-corrected chi connectivity index (χ2v) is 7.36. The Morgan fingerprint density at radius 2 is 1.12 bits per heavy atom. The Kier molecular flexibility index (Phi) is 4.87. The highest BCUT2D eigenvalue weighted by molar-refractivity contribution is 9.10. The first-order valence-corrected chi connectivity index (χ1v) is 9.45. The summed E-state index contributed by atoms with van der Waals surface area (Å²) in [6.07, 6.45) is 0. The van der Waals surface area contributed by atoms with Gasteiger partial charge in [-0.25, -0.2) is 4.98 Å². The van der Waals surface area contributed by atoms with Gasteiger partial charge in [-0.2, -0.15) is 0 Å². The molecule has 0 aliphatic rings. The van der Waals surface area contributed by atoms with Crippen LogP contribution in [0, 0.1) is 0 Å². The zero-order chi connectivity index (χ0) is 17.9. The van der Waals surface area contributed by atoms with Crippen molar-refractivity contribution >= 4 is 27.5 Å². The highest BCUT2D eigenvalue weighted by atomic mass is 79.9. The Hall–Kier alpha value is -2.42. The summed E-state index contributed by atoms with van der Waals surface area (Å²) >= 11 is 9.55. The van der Waals surface area contributed by atoms with E-state index in [1.54, 1.807) is 0 Å². The van der Waals surface area contributed by atoms with E-state index < -0.39 is 0 Å². The molecule has 3 aromatic carbocycles. The van der Waals surface area contributed by atoms with E-state index in [-0.39, 0.29) is 0 Å². The van der Waals surface area contributed by atoms with Crippen molar-refractivity contribution in [2.24, 2.45) is 0 Å². The number of rotatable bonds is 3. The quantitative estimate of drug-likeness (QED) is 0.334. The maximum atomic E-state index is 6.05. The minimum atomic E-state index is 0.735. The summed E-state index contributed by atoms with van der Waals surface area (Å²) in [6, 6.07) is 30.6. The molecule has 0 saturated heterocycles. The molecule has 0 aliphatic heterocycles. The molecule has 3 heteroatoms. The molecule has 0 fully saturated rings. The van der Waals surface area contributed by atoms with Gasteiger partial charge in [0.2, 0.25) is 0 Å². The van der Waals surface area contributed by atoms with E-state index in [1.165, 1.54) is 0 Å². The maximum Gasteiger partial charge on any atom is 0.0715 e. The van der Waals surface area contributed by atoms with Gasteiger partial charge in [-0.15, -0.1) is 0 Å². The van der Waals surface area contributed by atoms with Crippen LogP contribution in [0.5, 0.6) is 0 Å². The van der Waals surface area contributed by atoms with Crippen molar-refractivity contribution in [1.82, 2.24) is 4.98 Å². The monoisotopic (exact) mass is 419 g/mol. The SMILES string of the molecule is Clc1ccc(-c2cc(-c3ccccc3)nc(-c3ccc(Br)cc3)c2)cc1. The van der Waals surface area contributed by atoms with Gasteiger partial charge in [0, 0.05) is 20.6 Å². The molecule has 1 heterocycles. The molecule has 0 unspecified atom stereocenters. The third kappa shape index (κ3) is 3.72. The van der Waals surface area contributed by atoms with E-state index in [2.05, 4.69) is 52.3 Å². The van der Waals surface area contributed by atoms with E-state index in [4.69, 9.17) is 16.6 Å². The predicted molar refractivity (Wildman–Crippen MR) is 113 cm³/mol. The largest absolute Gasteiger partial charge is 0.248 e. The third-order valence-corrected chi connectivity index (χ3v) is 4.99. The van der Waals surface area contributed by atoms with Crippen molar-refractivity contribution in [2.45, 2.75) is 0 Å². The summed E-state index contributed by atoms with van der Waals surface area (Å²) in [5.74, 6) is 0. The fourth-order valence-corrected chi connectivity index (χ4v) is 3.26. The molecular formula is C23H15BrClN. The Morgan fingerprint density at radius 1 is 0.577 bits per heavy atom. The van der Waals surface area contributed by atoms with Crippen LogP contribution in [0.4, 0.5) is 0 Å². The van der Waals surface area contributed by atoms with Gasteiger partial charge in [0.25, 0.3) is 0 Å². The highest BCUT2D eigenvalue weighted by Crippen LogP contribution is 2.31. The molecule has 4 rings (SSSR count). The lowest BCUT2D eigenvalue weighted by Crippen LogP contribution is -1.91. The molecule has 0 amide bonds. The summed E-state index contributed by atoms with van der Waals surface area (Å²) in [5, 5.41) is 0.735. The lowest BCUT2D eigenvalue weighted by Gasteiger charge is -2.10. The summed E-state index contributed by atoms with van der Waals surface area (Å²) in [7, 11) is 0. The van der Waals surface area contributed by atoms with E-state index >= 15 is 0 Å². The predicted octanol–water partition coefficient (Wildman–Crippen LogP) is 7.50. The first-order chi connectivity index (χ1) is 12.7. The molecule has 0 radical (unpaired) electrons. The molecule has 4 aromatic rings. The van der Waals surface area contributed by atoms with Crippen molar-refractivity contribution in [2.75, 3.05) is 0 Å². The molecule has 0 spiro atoms. The lowest BCUT2D eigenvalue weighted by molar-refractivity contribution is 1.32. The minimum absolute atomic E-state index is 0.735.